The van der Waals surface area contributed by atoms with Crippen LogP contribution in [-0.4, -0.2) is 51.0 Å². The van der Waals surface area contributed by atoms with E-state index in [0.29, 0.717) is 35.4 Å². The molecule has 0 saturated carbocycles. The Morgan fingerprint density at radius 2 is 2.07 bits per heavy atom. The maximum atomic E-state index is 13.1. The number of aromatic nitrogens is 3. The van der Waals surface area contributed by atoms with Gasteiger partial charge in [-0.1, -0.05) is 35.5 Å². The fourth-order valence-corrected chi connectivity index (χ4v) is 4.10. The van der Waals surface area contributed by atoms with Gasteiger partial charge in [-0.25, -0.2) is 4.98 Å². The number of nitrogens with zero attached hydrogens (tertiary/aromatic N) is 4. The molecule has 1 aliphatic heterocycles. The number of amides is 2. The molecular weight excluding hydrogens is 378 g/mol. The van der Waals surface area contributed by atoms with Gasteiger partial charge in [-0.3, -0.25) is 9.59 Å². The van der Waals surface area contributed by atoms with Gasteiger partial charge in [0.15, 0.2) is 0 Å². The monoisotopic (exact) mass is 397 g/mol. The molecular formula is C19H19N5O3S. The second kappa shape index (κ2) is 7.51. The number of carbonyl (C=O) groups excluding carboxylic acids is 2. The lowest BCUT2D eigenvalue weighted by molar-refractivity contribution is -0.127. The van der Waals surface area contributed by atoms with Crippen molar-refractivity contribution >= 4 is 23.2 Å². The first kappa shape index (κ1) is 18.3. The summed E-state index contributed by atoms with van der Waals surface area (Å²) in [4.78, 5) is 36.4. The van der Waals surface area contributed by atoms with Gasteiger partial charge < -0.3 is 14.7 Å². The number of nitrogens with one attached hydrogen (secondary N) is 1. The molecule has 3 aromatic rings. The van der Waals surface area contributed by atoms with E-state index in [1.165, 1.54) is 11.3 Å². The molecule has 9 heteroatoms. The Hall–Kier alpha value is -3.07. The van der Waals surface area contributed by atoms with E-state index in [1.807, 2.05) is 37.3 Å². The second-order valence-corrected chi connectivity index (χ2v) is 7.74. The van der Waals surface area contributed by atoms with E-state index in [0.717, 1.165) is 10.6 Å². The van der Waals surface area contributed by atoms with Crippen LogP contribution in [-0.2, 0) is 11.2 Å². The molecule has 0 spiro atoms. The third-order valence-corrected chi connectivity index (χ3v) is 5.62. The molecule has 144 valence electrons. The maximum Gasteiger partial charge on any atom is 0.266 e. The first-order chi connectivity index (χ1) is 13.5. The van der Waals surface area contributed by atoms with Gasteiger partial charge in [-0.15, -0.1) is 11.3 Å². The van der Waals surface area contributed by atoms with Gasteiger partial charge in [0.1, 0.15) is 10.9 Å². The summed E-state index contributed by atoms with van der Waals surface area (Å²) in [5.41, 5.74) is 1.51. The molecule has 8 nitrogen and oxygen atoms in total. The first-order valence-electron chi connectivity index (χ1n) is 8.93. The van der Waals surface area contributed by atoms with Crippen LogP contribution in [0.4, 0.5) is 0 Å². The summed E-state index contributed by atoms with van der Waals surface area (Å²) >= 11 is 1.34. The smallest absolute Gasteiger partial charge is 0.266 e. The summed E-state index contributed by atoms with van der Waals surface area (Å²) in [6.45, 7) is 4.50. The number of hydrogen-bond donors (Lipinski definition) is 1. The van der Waals surface area contributed by atoms with Gasteiger partial charge >= 0.3 is 0 Å². The molecule has 2 amide bonds. The summed E-state index contributed by atoms with van der Waals surface area (Å²) < 4.78 is 5.34. The van der Waals surface area contributed by atoms with Crippen LogP contribution in [0, 0.1) is 13.8 Å². The van der Waals surface area contributed by atoms with Crippen molar-refractivity contribution in [1.82, 2.24) is 25.3 Å². The van der Waals surface area contributed by atoms with Crippen LogP contribution in [0.5, 0.6) is 0 Å². The lowest BCUT2D eigenvalue weighted by atomic mass is 10.1. The van der Waals surface area contributed by atoms with Gasteiger partial charge in [0.25, 0.3) is 5.91 Å². The lowest BCUT2D eigenvalue weighted by Gasteiger charge is -2.34. The zero-order valence-corrected chi connectivity index (χ0v) is 16.3. The molecule has 0 bridgehead atoms. The number of rotatable bonds is 4. The molecule has 1 saturated heterocycles. The number of aryl methyl sites for hydroxylation is 2. The number of carbonyl (C=O) groups is 2. The molecule has 28 heavy (non-hydrogen) atoms. The molecule has 1 unspecified atom stereocenters. The molecule has 4 rings (SSSR count). The largest absolute Gasteiger partial charge is 0.353 e. The quantitative estimate of drug-likeness (QED) is 0.723. The minimum atomic E-state index is -0.702. The molecule has 2 aromatic heterocycles. The molecule has 0 radical (unpaired) electrons. The van der Waals surface area contributed by atoms with E-state index in [9.17, 15) is 9.59 Å². The number of hydrogen-bond acceptors (Lipinski definition) is 7. The van der Waals surface area contributed by atoms with Crippen LogP contribution < -0.4 is 5.32 Å². The third kappa shape index (κ3) is 3.53. The van der Waals surface area contributed by atoms with Gasteiger partial charge in [0.05, 0.1) is 17.1 Å². The van der Waals surface area contributed by atoms with E-state index >= 15 is 0 Å². The van der Waals surface area contributed by atoms with Crippen molar-refractivity contribution in [2.45, 2.75) is 26.3 Å². The van der Waals surface area contributed by atoms with E-state index in [1.54, 1.807) is 11.8 Å². The second-order valence-electron chi connectivity index (χ2n) is 6.53. The average molecular weight is 397 g/mol. The average Bonchev–Trinajstić information content (AvgIpc) is 3.29. The molecule has 1 fully saturated rings. The Morgan fingerprint density at radius 3 is 2.79 bits per heavy atom. The molecule has 1 aromatic carbocycles. The Morgan fingerprint density at radius 1 is 1.29 bits per heavy atom. The fourth-order valence-electron chi connectivity index (χ4n) is 3.23. The summed E-state index contributed by atoms with van der Waals surface area (Å²) in [6, 6.07) is 8.75. The van der Waals surface area contributed by atoms with Crippen molar-refractivity contribution in [1.29, 1.82) is 0 Å². The van der Waals surface area contributed by atoms with Gasteiger partial charge in [-0.05, 0) is 13.8 Å². The van der Waals surface area contributed by atoms with Crippen molar-refractivity contribution in [3.8, 4) is 11.4 Å². The van der Waals surface area contributed by atoms with Crippen LogP contribution in [0.3, 0.4) is 0 Å². The Kier molecular flexibility index (Phi) is 4.91. The van der Waals surface area contributed by atoms with E-state index in [2.05, 4.69) is 20.4 Å². The van der Waals surface area contributed by atoms with Gasteiger partial charge in [-0.2, -0.15) is 4.98 Å². The highest BCUT2D eigenvalue weighted by Crippen LogP contribution is 2.23. The summed E-state index contributed by atoms with van der Waals surface area (Å²) in [5.74, 6) is 0.359. The first-order valence-corrected chi connectivity index (χ1v) is 9.75. The highest BCUT2D eigenvalue weighted by atomic mass is 32.1. The van der Waals surface area contributed by atoms with Crippen molar-refractivity contribution in [2.75, 3.05) is 13.1 Å². The van der Waals surface area contributed by atoms with Crippen molar-refractivity contribution in [2.24, 2.45) is 0 Å². The van der Waals surface area contributed by atoms with E-state index in [4.69, 9.17) is 4.52 Å². The fraction of sp³-hybridized carbons (Fsp3) is 0.316. The van der Waals surface area contributed by atoms with E-state index < -0.39 is 6.04 Å². The normalized spacial score (nSPS) is 16.9. The summed E-state index contributed by atoms with van der Waals surface area (Å²) in [5, 5.41) is 7.63. The van der Waals surface area contributed by atoms with Crippen molar-refractivity contribution in [3.63, 3.8) is 0 Å². The minimum absolute atomic E-state index is 0.161. The van der Waals surface area contributed by atoms with E-state index in [-0.39, 0.29) is 18.2 Å². The molecule has 1 atom stereocenters. The number of benzene rings is 1. The Labute approximate surface area is 165 Å². The number of thiazole rings is 1. The highest BCUT2D eigenvalue weighted by molar-refractivity contribution is 7.13. The zero-order chi connectivity index (χ0) is 19.7. The van der Waals surface area contributed by atoms with Crippen molar-refractivity contribution < 1.29 is 14.1 Å². The van der Waals surface area contributed by atoms with Gasteiger partial charge in [0.2, 0.25) is 17.6 Å². The topological polar surface area (TPSA) is 101 Å². The van der Waals surface area contributed by atoms with Crippen LogP contribution in [0.15, 0.2) is 34.9 Å². The van der Waals surface area contributed by atoms with Crippen molar-refractivity contribution in [3.05, 3.63) is 51.8 Å². The minimum Gasteiger partial charge on any atom is -0.353 e. The Bertz CT molecular complexity index is 1010. The van der Waals surface area contributed by atoms with Crippen LogP contribution in [0.1, 0.15) is 26.3 Å². The predicted molar refractivity (Wildman–Crippen MR) is 103 cm³/mol. The molecule has 1 aliphatic rings. The lowest BCUT2D eigenvalue weighted by Crippen LogP contribution is -2.58. The highest BCUT2D eigenvalue weighted by Gasteiger charge is 2.36. The standard InChI is InChI=1S/C19H19N5O3S/c1-11-16(28-12(2)21-11)19(26)24-9-8-20-18(25)14(24)10-15-22-17(23-27-15)13-6-4-3-5-7-13/h3-7,14H,8-10H2,1-2H3,(H,20,25). The Balaban J connectivity index is 1.57. The predicted octanol–water partition coefficient (Wildman–Crippen LogP) is 1.99. The summed E-state index contributed by atoms with van der Waals surface area (Å²) in [7, 11) is 0. The number of piperazine rings is 1. The summed E-state index contributed by atoms with van der Waals surface area (Å²) in [6.07, 6.45) is 0.161. The van der Waals surface area contributed by atoms with Crippen LogP contribution >= 0.6 is 11.3 Å². The van der Waals surface area contributed by atoms with Crippen LogP contribution in [0.25, 0.3) is 11.4 Å². The molecule has 0 aliphatic carbocycles. The molecule has 1 N–H and O–H groups in total. The third-order valence-electron chi connectivity index (χ3n) is 4.56. The molecule has 3 heterocycles. The zero-order valence-electron chi connectivity index (χ0n) is 15.5. The van der Waals surface area contributed by atoms with Crippen LogP contribution in [0.2, 0.25) is 0 Å². The van der Waals surface area contributed by atoms with Gasteiger partial charge in [0, 0.05) is 18.7 Å². The maximum absolute atomic E-state index is 13.1. The SMILES string of the molecule is Cc1nc(C)c(C(=O)N2CCNC(=O)C2Cc2nc(-c3ccccc3)no2)s1.